The summed E-state index contributed by atoms with van der Waals surface area (Å²) in [5.41, 5.74) is 5.30. The molecule has 3 heteroatoms. The van der Waals surface area contributed by atoms with Gasteiger partial charge >= 0.3 is 0 Å². The van der Waals surface area contributed by atoms with Crippen LogP contribution in [0.3, 0.4) is 0 Å². The molecule has 0 atom stereocenters. The molecule has 27 heavy (non-hydrogen) atoms. The maximum atomic E-state index is 4.39. The monoisotopic (exact) mass is 406 g/mol. The van der Waals surface area contributed by atoms with Gasteiger partial charge in [-0.2, -0.15) is 37.0 Å². The number of fused-ring (bicyclic) bond motifs is 2. The third kappa shape index (κ3) is 4.48. The second-order valence-electron chi connectivity index (χ2n) is 6.84. The van der Waals surface area contributed by atoms with Crippen LogP contribution in [-0.4, -0.2) is 0 Å². The van der Waals surface area contributed by atoms with Crippen LogP contribution >= 0.6 is 37.0 Å². The highest BCUT2D eigenvalue weighted by atomic mass is 32.2. The van der Waals surface area contributed by atoms with Gasteiger partial charge in [-0.1, -0.05) is 72.8 Å². The van der Waals surface area contributed by atoms with Gasteiger partial charge in [0.05, 0.1) is 0 Å². The highest BCUT2D eigenvalue weighted by Crippen LogP contribution is 2.25. The number of hydrogen-bond donors (Lipinski definition) is 2. The van der Waals surface area contributed by atoms with Gasteiger partial charge in [0.2, 0.25) is 0 Å². The van der Waals surface area contributed by atoms with Crippen molar-refractivity contribution in [2.75, 3.05) is 0 Å². The third-order valence-corrected chi connectivity index (χ3v) is 6.65. The smallest absolute Gasteiger partial charge is 0.0188 e. The lowest BCUT2D eigenvalue weighted by Crippen LogP contribution is -1.86. The molecule has 4 aromatic rings. The lowest BCUT2D eigenvalue weighted by atomic mass is 10.1. The highest BCUT2D eigenvalue weighted by Gasteiger charge is 2.02. The van der Waals surface area contributed by atoms with Gasteiger partial charge in [0.1, 0.15) is 0 Å². The van der Waals surface area contributed by atoms with E-state index < -0.39 is 0 Å². The summed E-state index contributed by atoms with van der Waals surface area (Å²) in [5, 5.41) is 5.21. The Balaban J connectivity index is 1.46. The van der Waals surface area contributed by atoms with Gasteiger partial charge in [-0.15, -0.1) is 0 Å². The Labute approximate surface area is 176 Å². The van der Waals surface area contributed by atoms with Crippen LogP contribution < -0.4 is 0 Å². The first-order valence-electron chi connectivity index (χ1n) is 9.08. The zero-order valence-electron chi connectivity index (χ0n) is 15.1. The number of thioether (sulfide) groups is 1. The van der Waals surface area contributed by atoms with Crippen molar-refractivity contribution in [2.45, 2.75) is 23.0 Å². The summed E-state index contributed by atoms with van der Waals surface area (Å²) in [6.45, 7) is 0. The van der Waals surface area contributed by atoms with E-state index in [9.17, 15) is 0 Å². The van der Waals surface area contributed by atoms with Crippen molar-refractivity contribution in [1.82, 2.24) is 0 Å². The first kappa shape index (κ1) is 18.8. The molecule has 4 rings (SSSR count). The standard InChI is InChI=1S/C24H22S3/c25-13-17-1-5-21-7-3-19(11-23(21)9-17)15-27-16-20-4-8-22-6-2-18(14-26)10-24(22)12-20/h1-12,25-26H,13-16H2. The summed E-state index contributed by atoms with van der Waals surface area (Å²) in [6, 6.07) is 26.7. The zero-order chi connectivity index (χ0) is 18.6. The Morgan fingerprint density at radius 1 is 0.481 bits per heavy atom. The molecule has 0 N–H and O–H groups in total. The predicted octanol–water partition coefficient (Wildman–Crippen LogP) is 7.29. The average Bonchev–Trinajstić information content (AvgIpc) is 2.72. The molecular weight excluding hydrogens is 384 g/mol. The van der Waals surface area contributed by atoms with Crippen LogP contribution in [0.1, 0.15) is 22.3 Å². The summed E-state index contributed by atoms with van der Waals surface area (Å²) in [5.74, 6) is 3.61. The molecule has 0 heterocycles. The predicted molar refractivity (Wildman–Crippen MR) is 128 cm³/mol. The van der Waals surface area contributed by atoms with Crippen LogP contribution in [0.5, 0.6) is 0 Å². The molecule has 0 aromatic heterocycles. The molecule has 0 unspecified atom stereocenters. The molecule has 0 fully saturated rings. The second kappa shape index (κ2) is 8.64. The molecule has 0 spiro atoms. The van der Waals surface area contributed by atoms with E-state index in [1.807, 2.05) is 11.8 Å². The quantitative estimate of drug-likeness (QED) is 0.317. The van der Waals surface area contributed by atoms with Crippen molar-refractivity contribution in [2.24, 2.45) is 0 Å². The Kier molecular flexibility index (Phi) is 6.01. The van der Waals surface area contributed by atoms with E-state index in [1.54, 1.807) is 0 Å². The van der Waals surface area contributed by atoms with Crippen LogP contribution in [-0.2, 0) is 23.0 Å². The van der Waals surface area contributed by atoms with E-state index in [2.05, 4.69) is 98.1 Å². The molecule has 0 aliphatic carbocycles. The summed E-state index contributed by atoms with van der Waals surface area (Å²) in [4.78, 5) is 0. The van der Waals surface area contributed by atoms with Gasteiger partial charge in [-0.25, -0.2) is 0 Å². The lowest BCUT2D eigenvalue weighted by molar-refractivity contribution is 1.38. The van der Waals surface area contributed by atoms with E-state index in [0.717, 1.165) is 23.0 Å². The molecular formula is C24H22S3. The Hall–Kier alpha value is -1.55. The minimum Gasteiger partial charge on any atom is -0.175 e. The number of thiol groups is 2. The van der Waals surface area contributed by atoms with Gasteiger partial charge in [0.25, 0.3) is 0 Å². The van der Waals surface area contributed by atoms with E-state index in [-0.39, 0.29) is 0 Å². The molecule has 0 saturated carbocycles. The van der Waals surface area contributed by atoms with Crippen LogP contribution in [0.2, 0.25) is 0 Å². The number of rotatable bonds is 6. The summed E-state index contributed by atoms with van der Waals surface area (Å²) in [7, 11) is 0. The Bertz CT molecular complexity index is 998. The first-order chi connectivity index (χ1) is 13.2. The molecule has 0 radical (unpaired) electrons. The van der Waals surface area contributed by atoms with Crippen LogP contribution in [0, 0.1) is 0 Å². The normalized spacial score (nSPS) is 11.3. The minimum atomic E-state index is 0.784. The van der Waals surface area contributed by atoms with Crippen LogP contribution in [0.25, 0.3) is 21.5 Å². The molecule has 136 valence electrons. The molecule has 0 aliphatic rings. The maximum absolute atomic E-state index is 4.39. The second-order valence-corrected chi connectivity index (χ2v) is 8.46. The van der Waals surface area contributed by atoms with E-state index in [4.69, 9.17) is 0 Å². The van der Waals surface area contributed by atoms with Crippen LogP contribution in [0.4, 0.5) is 0 Å². The van der Waals surface area contributed by atoms with Crippen molar-refractivity contribution in [3.63, 3.8) is 0 Å². The fraction of sp³-hybridized carbons (Fsp3) is 0.167. The summed E-state index contributed by atoms with van der Waals surface area (Å²) >= 11 is 10.7. The molecule has 0 aliphatic heterocycles. The van der Waals surface area contributed by atoms with Crippen LogP contribution in [0.15, 0.2) is 72.8 Å². The molecule has 4 aromatic carbocycles. The average molecular weight is 407 g/mol. The fourth-order valence-corrected chi connectivity index (χ4v) is 4.68. The summed E-state index contributed by atoms with van der Waals surface area (Å²) in [6.07, 6.45) is 0. The summed E-state index contributed by atoms with van der Waals surface area (Å²) < 4.78 is 0. The molecule has 0 saturated heterocycles. The van der Waals surface area contributed by atoms with Crippen molar-refractivity contribution < 1.29 is 0 Å². The van der Waals surface area contributed by atoms with Crippen molar-refractivity contribution in [3.8, 4) is 0 Å². The lowest BCUT2D eigenvalue weighted by Gasteiger charge is -2.07. The third-order valence-electron chi connectivity index (χ3n) is 4.84. The van der Waals surface area contributed by atoms with E-state index in [0.29, 0.717) is 0 Å². The molecule has 0 nitrogen and oxygen atoms in total. The minimum absolute atomic E-state index is 0.784. The number of hydrogen-bond acceptors (Lipinski definition) is 3. The van der Waals surface area contributed by atoms with Crippen molar-refractivity contribution in [1.29, 1.82) is 0 Å². The SMILES string of the molecule is SCc1ccc2ccc(CSCc3ccc4ccc(CS)cc4c3)cc2c1. The highest BCUT2D eigenvalue weighted by molar-refractivity contribution is 7.97. The molecule has 0 amide bonds. The van der Waals surface area contributed by atoms with Gasteiger partial charge in [0, 0.05) is 23.0 Å². The van der Waals surface area contributed by atoms with Gasteiger partial charge in [-0.3, -0.25) is 0 Å². The largest absolute Gasteiger partial charge is 0.175 e. The van der Waals surface area contributed by atoms with Gasteiger partial charge in [0.15, 0.2) is 0 Å². The molecule has 0 bridgehead atoms. The van der Waals surface area contributed by atoms with Gasteiger partial charge in [-0.05, 0) is 43.8 Å². The number of benzene rings is 4. The zero-order valence-corrected chi connectivity index (χ0v) is 17.7. The van der Waals surface area contributed by atoms with Crippen molar-refractivity contribution >= 4 is 58.6 Å². The van der Waals surface area contributed by atoms with Gasteiger partial charge < -0.3 is 0 Å². The van der Waals surface area contributed by atoms with E-state index >= 15 is 0 Å². The van der Waals surface area contributed by atoms with Crippen molar-refractivity contribution in [3.05, 3.63) is 95.1 Å². The fourth-order valence-electron chi connectivity index (χ4n) is 3.35. The van der Waals surface area contributed by atoms with E-state index in [1.165, 1.54) is 43.8 Å². The first-order valence-corrected chi connectivity index (χ1v) is 11.5. The topological polar surface area (TPSA) is 0 Å². The Morgan fingerprint density at radius 2 is 0.852 bits per heavy atom. The Morgan fingerprint density at radius 3 is 1.26 bits per heavy atom. The maximum Gasteiger partial charge on any atom is 0.0188 e.